The van der Waals surface area contributed by atoms with Gasteiger partial charge in [-0.25, -0.2) is 4.79 Å². The molecule has 4 aliphatic carbocycles. The Morgan fingerprint density at radius 2 is 1.66 bits per heavy atom. The Balaban J connectivity index is 1.17. The highest BCUT2D eigenvalue weighted by Gasteiger charge is 2.59. The van der Waals surface area contributed by atoms with E-state index in [1.165, 1.54) is 73.0 Å². The first-order valence-electron chi connectivity index (χ1n) is 18.5. The molecule has 0 aliphatic heterocycles. The molecule has 7 nitrogen and oxygen atoms in total. The van der Waals surface area contributed by atoms with Gasteiger partial charge in [-0.3, -0.25) is 9.59 Å². The molecule has 3 saturated carbocycles. The van der Waals surface area contributed by atoms with Gasteiger partial charge in [-0.2, -0.15) is 0 Å². The molecule has 1 unspecified atom stereocenters. The number of nitrogens with one attached hydrogen (secondary N) is 2. The van der Waals surface area contributed by atoms with Crippen molar-refractivity contribution in [1.29, 1.82) is 0 Å². The highest BCUT2D eigenvalue weighted by Crippen LogP contribution is 2.67. The third kappa shape index (κ3) is 10.1. The molecule has 0 aromatic carbocycles. The summed E-state index contributed by atoms with van der Waals surface area (Å²) in [7, 11) is 2.71. The van der Waals surface area contributed by atoms with Gasteiger partial charge in [0.05, 0.1) is 5.75 Å². The summed E-state index contributed by atoms with van der Waals surface area (Å²) in [4.78, 5) is 36.5. The second-order valence-electron chi connectivity index (χ2n) is 16.9. The van der Waals surface area contributed by atoms with Crippen molar-refractivity contribution in [2.24, 2.45) is 46.3 Å². The number of amides is 2. The summed E-state index contributed by atoms with van der Waals surface area (Å²) in [5.41, 5.74) is 1.74. The predicted molar refractivity (Wildman–Crippen MR) is 195 cm³/mol. The van der Waals surface area contributed by atoms with Crippen molar-refractivity contribution in [2.45, 2.75) is 138 Å². The summed E-state index contributed by atoms with van der Waals surface area (Å²) in [6.45, 7) is 18.5. The van der Waals surface area contributed by atoms with Crippen LogP contribution in [0.1, 0.15) is 126 Å². The number of fused-ring (bicyclic) bond motifs is 5. The molecule has 8 atom stereocenters. The van der Waals surface area contributed by atoms with Crippen LogP contribution in [-0.2, 0) is 19.1 Å². The molecule has 4 aliphatic rings. The van der Waals surface area contributed by atoms with Gasteiger partial charge in [-0.05, 0) is 112 Å². The van der Waals surface area contributed by atoms with Crippen LogP contribution in [0.25, 0.3) is 0 Å². The van der Waals surface area contributed by atoms with Gasteiger partial charge in [0.25, 0.3) is 0 Å². The number of alkyl carbamates (subject to hydrolysis) is 1. The Morgan fingerprint density at radius 3 is 2.38 bits per heavy atom. The fraction of sp³-hybridized carbons (Fsp3) is 0.868. The summed E-state index contributed by atoms with van der Waals surface area (Å²) < 4.78 is 11.1. The van der Waals surface area contributed by atoms with Crippen molar-refractivity contribution in [3.05, 3.63) is 11.6 Å². The molecule has 2 amide bonds. The molecular weight excluding hydrogens is 629 g/mol. The van der Waals surface area contributed by atoms with E-state index in [1.807, 2.05) is 0 Å². The largest absolute Gasteiger partial charge is 0.461 e. The molecule has 0 saturated heterocycles. The van der Waals surface area contributed by atoms with Crippen LogP contribution in [0.3, 0.4) is 0 Å². The summed E-state index contributed by atoms with van der Waals surface area (Å²) in [5.74, 6) is 5.09. The maximum Gasteiger partial charge on any atom is 0.407 e. The molecule has 4 rings (SSSR count). The lowest BCUT2D eigenvalue weighted by atomic mass is 9.47. The van der Waals surface area contributed by atoms with E-state index < -0.39 is 11.7 Å². The zero-order valence-corrected chi connectivity index (χ0v) is 32.2. The zero-order valence-electron chi connectivity index (χ0n) is 30.6. The molecule has 9 heteroatoms. The SMILES string of the molecule is CC(C)CCCC(C)[C@H]1CC[C@H]2[C@@H]3CC=C4C[C@@H](OC(=O)CSSCC(=O)NCCNC(=O)OC(C)(C)C)CC[C@]4(C)[C@H]3CC[C@]12C. The van der Waals surface area contributed by atoms with Crippen LogP contribution in [0.4, 0.5) is 4.79 Å². The second kappa shape index (κ2) is 16.6. The van der Waals surface area contributed by atoms with Gasteiger partial charge >= 0.3 is 12.1 Å². The van der Waals surface area contributed by atoms with Crippen LogP contribution < -0.4 is 10.6 Å². The minimum Gasteiger partial charge on any atom is -0.461 e. The molecule has 0 heterocycles. The minimum atomic E-state index is -0.556. The van der Waals surface area contributed by atoms with Crippen molar-refractivity contribution in [3.8, 4) is 0 Å². The Labute approximate surface area is 293 Å². The number of esters is 1. The molecule has 0 aromatic heterocycles. The van der Waals surface area contributed by atoms with Crippen LogP contribution in [-0.4, -0.2) is 54.3 Å². The van der Waals surface area contributed by atoms with E-state index in [0.717, 1.165) is 54.8 Å². The number of rotatable bonds is 14. The van der Waals surface area contributed by atoms with Crippen LogP contribution in [0.2, 0.25) is 0 Å². The maximum absolute atomic E-state index is 12.7. The average Bonchev–Trinajstić information content (AvgIpc) is 3.34. The van der Waals surface area contributed by atoms with Crippen LogP contribution in [0, 0.1) is 46.3 Å². The zero-order chi connectivity index (χ0) is 34.4. The van der Waals surface area contributed by atoms with E-state index in [0.29, 0.717) is 18.5 Å². The van der Waals surface area contributed by atoms with Gasteiger partial charge in [0.1, 0.15) is 17.5 Å². The lowest BCUT2D eigenvalue weighted by molar-refractivity contribution is -0.148. The monoisotopic (exact) mass is 692 g/mol. The van der Waals surface area contributed by atoms with E-state index in [2.05, 4.69) is 51.3 Å². The molecule has 0 bridgehead atoms. The van der Waals surface area contributed by atoms with Crippen molar-refractivity contribution >= 4 is 39.6 Å². The minimum absolute atomic E-state index is 0.0406. The fourth-order valence-electron chi connectivity index (χ4n) is 9.89. The van der Waals surface area contributed by atoms with E-state index in [4.69, 9.17) is 9.47 Å². The summed E-state index contributed by atoms with van der Waals surface area (Å²) in [5, 5.41) is 5.39. The Kier molecular flexibility index (Phi) is 13.6. The third-order valence-corrected chi connectivity index (χ3v) is 14.2. The van der Waals surface area contributed by atoms with Gasteiger partial charge in [0.2, 0.25) is 5.91 Å². The maximum atomic E-state index is 12.7. The van der Waals surface area contributed by atoms with E-state index in [1.54, 1.807) is 26.3 Å². The highest BCUT2D eigenvalue weighted by atomic mass is 33.1. The van der Waals surface area contributed by atoms with Gasteiger partial charge < -0.3 is 20.1 Å². The second-order valence-corrected chi connectivity index (χ2v) is 19.4. The van der Waals surface area contributed by atoms with Crippen molar-refractivity contribution in [3.63, 3.8) is 0 Å². The first kappa shape index (κ1) is 38.5. The highest BCUT2D eigenvalue weighted by molar-refractivity contribution is 8.77. The number of allylic oxidation sites excluding steroid dienone is 1. The van der Waals surface area contributed by atoms with Gasteiger partial charge in [0, 0.05) is 19.5 Å². The summed E-state index contributed by atoms with van der Waals surface area (Å²) in [6, 6.07) is 0. The normalized spacial score (nSPS) is 32.4. The average molecular weight is 693 g/mol. The molecule has 47 heavy (non-hydrogen) atoms. The number of carbonyl (C=O) groups is 3. The topological polar surface area (TPSA) is 93.7 Å². The number of hydrogen-bond donors (Lipinski definition) is 2. The standard InChI is InChI=1S/C38H64N2O5S2/c1-25(2)10-9-11-26(3)30-14-15-31-29-13-12-27-22-28(16-18-37(27,7)32(29)17-19-38(30,31)8)44-34(42)24-47-46-23-33(41)39-20-21-40-35(43)45-36(4,5)6/h12,25-26,28-32H,9-11,13-24H2,1-8H3,(H,39,41)(H,40,43)/t26?,28-,29-,30+,31-,32-,37-,38+/m0/s1. The fourth-order valence-corrected chi connectivity index (χ4v) is 11.5. The lowest BCUT2D eigenvalue weighted by Crippen LogP contribution is -2.51. The van der Waals surface area contributed by atoms with Crippen molar-refractivity contribution in [1.82, 2.24) is 10.6 Å². The first-order chi connectivity index (χ1) is 22.1. The van der Waals surface area contributed by atoms with Gasteiger partial charge in [0.15, 0.2) is 0 Å². The van der Waals surface area contributed by atoms with E-state index >= 15 is 0 Å². The van der Waals surface area contributed by atoms with Crippen LogP contribution >= 0.6 is 21.6 Å². The third-order valence-electron chi connectivity index (χ3n) is 12.1. The van der Waals surface area contributed by atoms with E-state index in [-0.39, 0.29) is 34.9 Å². The Hall–Kier alpha value is -1.35. The molecule has 268 valence electrons. The Bertz CT molecular complexity index is 1120. The van der Waals surface area contributed by atoms with Crippen LogP contribution in [0.5, 0.6) is 0 Å². The first-order valence-corrected chi connectivity index (χ1v) is 21.0. The number of ether oxygens (including phenoxy) is 2. The molecular formula is C38H64N2O5S2. The Morgan fingerprint density at radius 1 is 0.936 bits per heavy atom. The van der Waals surface area contributed by atoms with Crippen molar-refractivity contribution in [2.75, 3.05) is 24.6 Å². The molecule has 0 spiro atoms. The molecule has 2 N–H and O–H groups in total. The van der Waals surface area contributed by atoms with Crippen LogP contribution in [0.15, 0.2) is 11.6 Å². The number of carbonyl (C=O) groups excluding carboxylic acids is 3. The molecule has 0 aromatic rings. The summed E-state index contributed by atoms with van der Waals surface area (Å²) >= 11 is 0. The van der Waals surface area contributed by atoms with Crippen molar-refractivity contribution < 1.29 is 23.9 Å². The van der Waals surface area contributed by atoms with Gasteiger partial charge in [-0.1, -0.05) is 87.1 Å². The quantitative estimate of drug-likeness (QED) is 0.0813. The van der Waals surface area contributed by atoms with Gasteiger partial charge in [-0.15, -0.1) is 0 Å². The smallest absolute Gasteiger partial charge is 0.407 e. The molecule has 3 fully saturated rings. The summed E-state index contributed by atoms with van der Waals surface area (Å²) in [6.07, 6.45) is 15.9. The predicted octanol–water partition coefficient (Wildman–Crippen LogP) is 8.96. The number of hydrogen-bond acceptors (Lipinski definition) is 7. The lowest BCUT2D eigenvalue weighted by Gasteiger charge is -2.58. The van der Waals surface area contributed by atoms with E-state index in [9.17, 15) is 14.4 Å². The molecule has 0 radical (unpaired) electrons.